The smallest absolute Gasteiger partial charge is 0.0475 e. The molecule has 1 aliphatic carbocycles. The molecule has 118 valence electrons. The van der Waals surface area contributed by atoms with Crippen LogP contribution in [0.1, 0.15) is 64.5 Å². The zero-order valence-electron chi connectivity index (χ0n) is 14.0. The highest BCUT2D eigenvalue weighted by atomic mass is 15.2. The van der Waals surface area contributed by atoms with Gasteiger partial charge in [0.05, 0.1) is 0 Å². The van der Waals surface area contributed by atoms with Crippen LogP contribution in [-0.4, -0.2) is 30.1 Å². The molecule has 2 rings (SSSR count). The summed E-state index contributed by atoms with van der Waals surface area (Å²) < 4.78 is 0. The normalized spacial score (nSPS) is 16.6. The van der Waals surface area contributed by atoms with Crippen molar-refractivity contribution in [3.05, 3.63) is 35.9 Å². The molecule has 0 bridgehead atoms. The van der Waals surface area contributed by atoms with Crippen LogP contribution in [0.3, 0.4) is 0 Å². The molecule has 2 nitrogen and oxygen atoms in total. The first-order valence-corrected chi connectivity index (χ1v) is 8.76. The van der Waals surface area contributed by atoms with Crippen molar-refractivity contribution in [3.8, 4) is 0 Å². The van der Waals surface area contributed by atoms with E-state index >= 15 is 0 Å². The van der Waals surface area contributed by atoms with E-state index in [9.17, 15) is 0 Å². The molecule has 0 radical (unpaired) electrons. The highest BCUT2D eigenvalue weighted by molar-refractivity contribution is 5.20. The van der Waals surface area contributed by atoms with Gasteiger partial charge < -0.3 is 5.32 Å². The van der Waals surface area contributed by atoms with Crippen molar-refractivity contribution in [1.29, 1.82) is 0 Å². The van der Waals surface area contributed by atoms with Crippen LogP contribution in [0.5, 0.6) is 0 Å². The fourth-order valence-electron chi connectivity index (χ4n) is 2.99. The zero-order valence-corrected chi connectivity index (χ0v) is 14.0. The minimum Gasteiger partial charge on any atom is -0.312 e. The standard InChI is InChI=1S/C19H32N2/c1-4-5-9-14-21(16(2)3)19(15-20-18-12-13-18)17-10-7-6-8-11-17/h6-8,10-11,16,18-20H,4-5,9,12-15H2,1-3H3. The lowest BCUT2D eigenvalue weighted by molar-refractivity contribution is 0.146. The molecule has 0 saturated heterocycles. The summed E-state index contributed by atoms with van der Waals surface area (Å²) in [6.45, 7) is 9.23. The predicted octanol–water partition coefficient (Wildman–Crippen LogP) is 4.38. The van der Waals surface area contributed by atoms with Gasteiger partial charge in [0.25, 0.3) is 0 Å². The Bertz CT molecular complexity index is 384. The Balaban J connectivity index is 2.05. The minimum absolute atomic E-state index is 0.503. The molecule has 1 aliphatic rings. The van der Waals surface area contributed by atoms with Gasteiger partial charge in [-0.25, -0.2) is 0 Å². The largest absolute Gasteiger partial charge is 0.312 e. The zero-order chi connectivity index (χ0) is 15.1. The van der Waals surface area contributed by atoms with Crippen molar-refractivity contribution >= 4 is 0 Å². The van der Waals surface area contributed by atoms with E-state index in [4.69, 9.17) is 0 Å². The highest BCUT2D eigenvalue weighted by Crippen LogP contribution is 2.25. The second-order valence-electron chi connectivity index (χ2n) is 6.65. The second-order valence-corrected chi connectivity index (χ2v) is 6.65. The van der Waals surface area contributed by atoms with E-state index in [1.54, 1.807) is 0 Å². The molecule has 0 aliphatic heterocycles. The molecule has 1 aromatic carbocycles. The van der Waals surface area contributed by atoms with E-state index in [1.807, 2.05) is 0 Å². The van der Waals surface area contributed by atoms with Crippen molar-refractivity contribution in [2.24, 2.45) is 0 Å². The lowest BCUT2D eigenvalue weighted by atomic mass is 10.0. The summed E-state index contributed by atoms with van der Waals surface area (Å²) >= 11 is 0. The third-order valence-electron chi connectivity index (χ3n) is 4.45. The monoisotopic (exact) mass is 288 g/mol. The maximum absolute atomic E-state index is 3.74. The number of benzene rings is 1. The number of unbranched alkanes of at least 4 members (excludes halogenated alkanes) is 2. The molecule has 1 saturated carbocycles. The second kappa shape index (κ2) is 8.55. The summed E-state index contributed by atoms with van der Waals surface area (Å²) in [4.78, 5) is 2.68. The van der Waals surface area contributed by atoms with Gasteiger partial charge in [0, 0.05) is 24.7 Å². The van der Waals surface area contributed by atoms with E-state index in [0.29, 0.717) is 12.1 Å². The van der Waals surface area contributed by atoms with Gasteiger partial charge >= 0.3 is 0 Å². The Hall–Kier alpha value is -0.860. The Kier molecular flexibility index (Phi) is 6.72. The molecule has 1 N–H and O–H groups in total. The molecule has 0 spiro atoms. The summed E-state index contributed by atoms with van der Waals surface area (Å²) in [6, 6.07) is 12.9. The van der Waals surface area contributed by atoms with E-state index in [0.717, 1.165) is 12.6 Å². The predicted molar refractivity (Wildman–Crippen MR) is 91.6 cm³/mol. The van der Waals surface area contributed by atoms with Crippen LogP contribution in [0.4, 0.5) is 0 Å². The Morgan fingerprint density at radius 1 is 1.14 bits per heavy atom. The molecule has 2 heteroatoms. The van der Waals surface area contributed by atoms with Crippen molar-refractivity contribution in [2.75, 3.05) is 13.1 Å². The average Bonchev–Trinajstić information content (AvgIpc) is 3.31. The van der Waals surface area contributed by atoms with Gasteiger partial charge in [-0.1, -0.05) is 50.1 Å². The van der Waals surface area contributed by atoms with Gasteiger partial charge in [-0.3, -0.25) is 4.90 Å². The summed E-state index contributed by atoms with van der Waals surface area (Å²) in [5.41, 5.74) is 1.45. The molecule has 1 fully saturated rings. The third kappa shape index (κ3) is 5.44. The van der Waals surface area contributed by atoms with Crippen molar-refractivity contribution in [1.82, 2.24) is 10.2 Å². The first-order chi connectivity index (χ1) is 10.2. The number of rotatable bonds is 10. The van der Waals surface area contributed by atoms with Crippen LogP contribution in [0.2, 0.25) is 0 Å². The average molecular weight is 288 g/mol. The molecule has 1 unspecified atom stereocenters. The van der Waals surface area contributed by atoms with Gasteiger partial charge in [0.1, 0.15) is 0 Å². The Morgan fingerprint density at radius 2 is 1.86 bits per heavy atom. The first-order valence-electron chi connectivity index (χ1n) is 8.76. The maximum Gasteiger partial charge on any atom is 0.0475 e. The van der Waals surface area contributed by atoms with E-state index in [-0.39, 0.29) is 0 Å². The van der Waals surface area contributed by atoms with Crippen LogP contribution in [-0.2, 0) is 0 Å². The van der Waals surface area contributed by atoms with Gasteiger partial charge in [0.2, 0.25) is 0 Å². The van der Waals surface area contributed by atoms with Crippen LogP contribution >= 0.6 is 0 Å². The Labute approximate surface area is 130 Å². The molecular formula is C19H32N2. The maximum atomic E-state index is 3.74. The summed E-state index contributed by atoms with van der Waals surface area (Å²) in [7, 11) is 0. The molecular weight excluding hydrogens is 256 g/mol. The lowest BCUT2D eigenvalue weighted by Crippen LogP contribution is -2.41. The summed E-state index contributed by atoms with van der Waals surface area (Å²) in [5, 5.41) is 3.74. The van der Waals surface area contributed by atoms with Gasteiger partial charge in [-0.05, 0) is 45.2 Å². The fourth-order valence-corrected chi connectivity index (χ4v) is 2.99. The number of hydrogen-bond acceptors (Lipinski definition) is 2. The van der Waals surface area contributed by atoms with Gasteiger partial charge in [-0.15, -0.1) is 0 Å². The van der Waals surface area contributed by atoms with Crippen molar-refractivity contribution in [3.63, 3.8) is 0 Å². The molecule has 1 atom stereocenters. The van der Waals surface area contributed by atoms with Crippen molar-refractivity contribution in [2.45, 2.75) is 71.0 Å². The van der Waals surface area contributed by atoms with E-state index in [2.05, 4.69) is 61.3 Å². The highest BCUT2D eigenvalue weighted by Gasteiger charge is 2.26. The first kappa shape index (κ1) is 16.5. The van der Waals surface area contributed by atoms with Crippen LogP contribution in [0.25, 0.3) is 0 Å². The molecule has 0 aromatic heterocycles. The molecule has 21 heavy (non-hydrogen) atoms. The van der Waals surface area contributed by atoms with Crippen LogP contribution < -0.4 is 5.32 Å². The summed E-state index contributed by atoms with van der Waals surface area (Å²) in [5.74, 6) is 0. The number of hydrogen-bond donors (Lipinski definition) is 1. The van der Waals surface area contributed by atoms with Crippen LogP contribution in [0.15, 0.2) is 30.3 Å². The Morgan fingerprint density at radius 3 is 2.43 bits per heavy atom. The van der Waals surface area contributed by atoms with E-state index < -0.39 is 0 Å². The minimum atomic E-state index is 0.503. The third-order valence-corrected chi connectivity index (χ3v) is 4.45. The fraction of sp³-hybridized carbons (Fsp3) is 0.684. The molecule has 0 heterocycles. The lowest BCUT2D eigenvalue weighted by Gasteiger charge is -2.36. The van der Waals surface area contributed by atoms with Gasteiger partial charge in [-0.2, -0.15) is 0 Å². The summed E-state index contributed by atoms with van der Waals surface area (Å²) in [6.07, 6.45) is 6.66. The molecule has 0 amide bonds. The molecule has 1 aromatic rings. The number of nitrogens with zero attached hydrogens (tertiary/aromatic N) is 1. The van der Waals surface area contributed by atoms with Crippen molar-refractivity contribution < 1.29 is 0 Å². The van der Waals surface area contributed by atoms with E-state index in [1.165, 1.54) is 44.2 Å². The quantitative estimate of drug-likeness (QED) is 0.643. The SMILES string of the molecule is CCCCCN(C(C)C)C(CNC1CC1)c1ccccc1. The van der Waals surface area contributed by atoms with Crippen LogP contribution in [0, 0.1) is 0 Å². The topological polar surface area (TPSA) is 15.3 Å². The number of nitrogens with one attached hydrogen (secondary N) is 1. The van der Waals surface area contributed by atoms with Gasteiger partial charge in [0.15, 0.2) is 0 Å².